The zero-order chi connectivity index (χ0) is 17.3. The number of likely N-dealkylation sites (tertiary alicyclic amines) is 1. The van der Waals surface area contributed by atoms with E-state index in [4.69, 9.17) is 0 Å². The fourth-order valence-corrected chi connectivity index (χ4v) is 2.70. The molecule has 0 bridgehead atoms. The summed E-state index contributed by atoms with van der Waals surface area (Å²) < 4.78 is 0. The molecule has 1 aliphatic rings. The van der Waals surface area contributed by atoms with Crippen LogP contribution in [-0.2, 0) is 14.4 Å². The number of nitrogens with one attached hydrogen (secondary N) is 1. The minimum absolute atomic E-state index is 0.0528. The molecule has 5 heteroatoms. The van der Waals surface area contributed by atoms with Gasteiger partial charge in [-0.15, -0.1) is 0 Å². The van der Waals surface area contributed by atoms with Crippen LogP contribution in [0.3, 0.4) is 0 Å². The summed E-state index contributed by atoms with van der Waals surface area (Å²) in [6.07, 6.45) is 7.06. The van der Waals surface area contributed by atoms with Gasteiger partial charge in [-0.1, -0.05) is 33.6 Å². The van der Waals surface area contributed by atoms with Crippen molar-refractivity contribution in [2.45, 2.75) is 78.6 Å². The number of nitrogens with zero attached hydrogens (tertiary/aromatic N) is 1. The molecule has 1 aliphatic heterocycles. The maximum atomic E-state index is 11.7. The number of carbonyl (C=O) groups is 3. The van der Waals surface area contributed by atoms with Gasteiger partial charge in [0.15, 0.2) is 0 Å². The van der Waals surface area contributed by atoms with Crippen molar-refractivity contribution in [1.82, 2.24) is 10.2 Å². The van der Waals surface area contributed by atoms with E-state index in [1.54, 1.807) is 0 Å². The fraction of sp³-hybridized carbons (Fsp3) is 0.833. The van der Waals surface area contributed by atoms with Gasteiger partial charge in [0.25, 0.3) is 0 Å². The van der Waals surface area contributed by atoms with Crippen molar-refractivity contribution in [3.05, 3.63) is 0 Å². The summed E-state index contributed by atoms with van der Waals surface area (Å²) in [5, 5.41) is 2.96. The van der Waals surface area contributed by atoms with Gasteiger partial charge in [0, 0.05) is 32.4 Å². The third-order valence-corrected chi connectivity index (χ3v) is 4.12. The molecule has 1 fully saturated rings. The predicted molar refractivity (Wildman–Crippen MR) is 90.7 cm³/mol. The van der Waals surface area contributed by atoms with E-state index in [0.29, 0.717) is 31.2 Å². The van der Waals surface area contributed by atoms with Gasteiger partial charge in [-0.2, -0.15) is 0 Å². The molecule has 0 radical (unpaired) electrons. The molecule has 0 aliphatic carbocycles. The first kappa shape index (κ1) is 19.7. The van der Waals surface area contributed by atoms with Crippen molar-refractivity contribution in [1.29, 1.82) is 0 Å². The number of hydrogen-bond donors (Lipinski definition) is 1. The molecule has 0 atom stereocenters. The van der Waals surface area contributed by atoms with Crippen molar-refractivity contribution < 1.29 is 14.4 Å². The lowest BCUT2D eigenvalue weighted by molar-refractivity contribution is -0.138. The van der Waals surface area contributed by atoms with E-state index in [1.165, 1.54) is 11.3 Å². The van der Waals surface area contributed by atoms with E-state index < -0.39 is 0 Å². The first-order valence-electron chi connectivity index (χ1n) is 8.89. The lowest BCUT2D eigenvalue weighted by Crippen LogP contribution is -2.30. The SMILES string of the molecule is CC(C)(C)CCCCNC(=O)CCCCCN1C(=O)CCC1=O. The summed E-state index contributed by atoms with van der Waals surface area (Å²) in [6, 6.07) is 0. The zero-order valence-electron chi connectivity index (χ0n) is 15.0. The van der Waals surface area contributed by atoms with E-state index in [1.807, 2.05) is 0 Å². The van der Waals surface area contributed by atoms with Crippen LogP contribution in [0.2, 0.25) is 0 Å². The Kier molecular flexibility index (Phi) is 8.28. The fourth-order valence-electron chi connectivity index (χ4n) is 2.70. The molecule has 0 aromatic heterocycles. The molecular formula is C18H32N2O3. The summed E-state index contributed by atoms with van der Waals surface area (Å²) in [5.74, 6) is 0.0000775. The van der Waals surface area contributed by atoms with Crippen LogP contribution in [0.4, 0.5) is 0 Å². The summed E-state index contributed by atoms with van der Waals surface area (Å²) in [6.45, 7) is 7.95. The highest BCUT2D eigenvalue weighted by Crippen LogP contribution is 2.21. The molecule has 5 nitrogen and oxygen atoms in total. The lowest BCUT2D eigenvalue weighted by Gasteiger charge is -2.17. The second-order valence-electron chi connectivity index (χ2n) is 7.62. The Labute approximate surface area is 140 Å². The van der Waals surface area contributed by atoms with Gasteiger partial charge < -0.3 is 5.32 Å². The minimum atomic E-state index is -0.0528. The minimum Gasteiger partial charge on any atom is -0.356 e. The van der Waals surface area contributed by atoms with E-state index in [-0.39, 0.29) is 17.7 Å². The largest absolute Gasteiger partial charge is 0.356 e. The second-order valence-corrected chi connectivity index (χ2v) is 7.62. The number of rotatable bonds is 10. The van der Waals surface area contributed by atoms with Crippen LogP contribution >= 0.6 is 0 Å². The van der Waals surface area contributed by atoms with Gasteiger partial charge in [-0.3, -0.25) is 19.3 Å². The van der Waals surface area contributed by atoms with Crippen molar-refractivity contribution >= 4 is 17.7 Å². The van der Waals surface area contributed by atoms with Gasteiger partial charge >= 0.3 is 0 Å². The van der Waals surface area contributed by atoms with Crippen LogP contribution in [0, 0.1) is 5.41 Å². The van der Waals surface area contributed by atoms with Crippen LogP contribution in [0.15, 0.2) is 0 Å². The smallest absolute Gasteiger partial charge is 0.229 e. The maximum absolute atomic E-state index is 11.7. The van der Waals surface area contributed by atoms with Crippen molar-refractivity contribution in [2.75, 3.05) is 13.1 Å². The second kappa shape index (κ2) is 9.68. The quantitative estimate of drug-likeness (QED) is 0.496. The van der Waals surface area contributed by atoms with E-state index in [9.17, 15) is 14.4 Å². The normalized spacial score (nSPS) is 15.3. The average molecular weight is 324 g/mol. The Morgan fingerprint density at radius 2 is 1.65 bits per heavy atom. The van der Waals surface area contributed by atoms with Crippen molar-refractivity contribution in [3.8, 4) is 0 Å². The molecule has 1 saturated heterocycles. The van der Waals surface area contributed by atoms with Crippen LogP contribution in [0.1, 0.15) is 78.6 Å². The maximum Gasteiger partial charge on any atom is 0.229 e. The van der Waals surface area contributed by atoms with E-state index in [0.717, 1.165) is 38.6 Å². The monoisotopic (exact) mass is 324 g/mol. The molecule has 0 unspecified atom stereocenters. The highest BCUT2D eigenvalue weighted by Gasteiger charge is 2.27. The molecule has 1 rings (SSSR count). The Balaban J connectivity index is 1.96. The van der Waals surface area contributed by atoms with Gasteiger partial charge in [0.05, 0.1) is 0 Å². The summed E-state index contributed by atoms with van der Waals surface area (Å²) in [5.41, 5.74) is 0.363. The van der Waals surface area contributed by atoms with Crippen LogP contribution in [0.25, 0.3) is 0 Å². The molecule has 0 aromatic carbocycles. The standard InChI is InChI=1S/C18H32N2O3/c1-18(2,3)12-6-7-13-19-15(21)9-5-4-8-14-20-16(22)10-11-17(20)23/h4-14H2,1-3H3,(H,19,21). The van der Waals surface area contributed by atoms with Gasteiger partial charge in [-0.05, 0) is 31.1 Å². The van der Waals surface area contributed by atoms with Crippen LogP contribution in [0.5, 0.6) is 0 Å². The molecule has 0 saturated carbocycles. The first-order valence-corrected chi connectivity index (χ1v) is 8.89. The summed E-state index contributed by atoms with van der Waals surface area (Å²) in [7, 11) is 0. The van der Waals surface area contributed by atoms with Crippen LogP contribution < -0.4 is 5.32 Å². The molecule has 0 aromatic rings. The molecule has 1 N–H and O–H groups in total. The van der Waals surface area contributed by atoms with Crippen LogP contribution in [-0.4, -0.2) is 35.7 Å². The third kappa shape index (κ3) is 8.72. The zero-order valence-corrected chi connectivity index (χ0v) is 15.0. The van der Waals surface area contributed by atoms with Crippen molar-refractivity contribution in [3.63, 3.8) is 0 Å². The molecular weight excluding hydrogens is 292 g/mol. The molecule has 3 amide bonds. The van der Waals surface area contributed by atoms with Gasteiger partial charge in [0.1, 0.15) is 0 Å². The Hall–Kier alpha value is -1.39. The number of carbonyl (C=O) groups excluding carboxylic acids is 3. The van der Waals surface area contributed by atoms with Crippen molar-refractivity contribution in [2.24, 2.45) is 5.41 Å². The number of amides is 3. The number of unbranched alkanes of at least 4 members (excludes halogenated alkanes) is 3. The topological polar surface area (TPSA) is 66.5 Å². The van der Waals surface area contributed by atoms with Gasteiger partial charge in [-0.25, -0.2) is 0 Å². The molecule has 23 heavy (non-hydrogen) atoms. The Bertz CT molecular complexity index is 397. The lowest BCUT2D eigenvalue weighted by atomic mass is 9.90. The Morgan fingerprint density at radius 1 is 1.00 bits per heavy atom. The highest BCUT2D eigenvalue weighted by atomic mass is 16.2. The molecule has 1 heterocycles. The summed E-state index contributed by atoms with van der Waals surface area (Å²) in [4.78, 5) is 35.9. The third-order valence-electron chi connectivity index (χ3n) is 4.12. The predicted octanol–water partition coefficient (Wildman–Crippen LogP) is 3.03. The highest BCUT2D eigenvalue weighted by molar-refractivity contribution is 6.01. The van der Waals surface area contributed by atoms with E-state index in [2.05, 4.69) is 26.1 Å². The van der Waals surface area contributed by atoms with Gasteiger partial charge in [0.2, 0.25) is 17.7 Å². The Morgan fingerprint density at radius 3 is 2.26 bits per heavy atom. The number of hydrogen-bond acceptors (Lipinski definition) is 3. The first-order chi connectivity index (χ1) is 10.8. The summed E-state index contributed by atoms with van der Waals surface area (Å²) >= 11 is 0. The number of imide groups is 1. The molecule has 132 valence electrons. The van der Waals surface area contributed by atoms with E-state index >= 15 is 0 Å². The average Bonchev–Trinajstić information content (AvgIpc) is 2.77. The molecule has 0 spiro atoms.